The van der Waals surface area contributed by atoms with Crippen LogP contribution < -0.4 is 0 Å². The van der Waals surface area contributed by atoms with Crippen LogP contribution in [0.2, 0.25) is 0 Å². The molecule has 2 heterocycles. The minimum Gasteiger partial charge on any atom is -0.478 e. The van der Waals surface area contributed by atoms with Crippen LogP contribution >= 0.6 is 0 Å². The van der Waals surface area contributed by atoms with Crippen LogP contribution in [0.1, 0.15) is 33.2 Å². The smallest absolute Gasteiger partial charge is 0.336 e. The van der Waals surface area contributed by atoms with Gasteiger partial charge in [-0.1, -0.05) is 18.2 Å². The van der Waals surface area contributed by atoms with Gasteiger partial charge in [-0.25, -0.2) is 4.79 Å². The van der Waals surface area contributed by atoms with Crippen LogP contribution in [-0.4, -0.2) is 45.9 Å². The highest BCUT2D eigenvalue weighted by Gasteiger charge is 2.28. The van der Waals surface area contributed by atoms with Crippen LogP contribution in [0.4, 0.5) is 0 Å². The number of carbonyl (C=O) groups is 1. The first kappa shape index (κ1) is 14.7. The molecule has 0 spiro atoms. The van der Waals surface area contributed by atoms with Gasteiger partial charge in [-0.15, -0.1) is 0 Å². The van der Waals surface area contributed by atoms with Gasteiger partial charge in [0, 0.05) is 13.1 Å². The average Bonchev–Trinajstić information content (AvgIpc) is 2.94. The standard InChI is InChI=1S/C16H19N3O3/c1-11-8-17-18-15(11)14-10-22-7-6-19(14)9-12-4-2-3-5-13(12)16(20)21/h2-5,8,14H,6-7,9-10H2,1H3,(H,17,18)(H,20,21). The fourth-order valence-corrected chi connectivity index (χ4v) is 2.87. The number of rotatable bonds is 4. The number of carboxylic acids is 1. The molecular weight excluding hydrogens is 282 g/mol. The molecule has 1 aliphatic rings. The minimum absolute atomic E-state index is 0.0677. The van der Waals surface area contributed by atoms with Gasteiger partial charge in [-0.3, -0.25) is 10.00 Å². The number of hydrogen-bond acceptors (Lipinski definition) is 4. The Morgan fingerprint density at radius 3 is 3.05 bits per heavy atom. The van der Waals surface area contributed by atoms with E-state index in [1.807, 2.05) is 19.1 Å². The zero-order valence-electron chi connectivity index (χ0n) is 12.5. The maximum Gasteiger partial charge on any atom is 0.336 e. The second-order valence-electron chi connectivity index (χ2n) is 5.49. The van der Waals surface area contributed by atoms with E-state index in [0.29, 0.717) is 25.3 Å². The second-order valence-corrected chi connectivity index (χ2v) is 5.49. The van der Waals surface area contributed by atoms with Gasteiger partial charge >= 0.3 is 5.97 Å². The molecule has 0 bridgehead atoms. The summed E-state index contributed by atoms with van der Waals surface area (Å²) in [5, 5.41) is 16.5. The normalized spacial score (nSPS) is 19.2. The van der Waals surface area contributed by atoms with E-state index in [9.17, 15) is 9.90 Å². The van der Waals surface area contributed by atoms with Crippen LogP contribution in [0, 0.1) is 6.92 Å². The third-order valence-corrected chi connectivity index (χ3v) is 4.06. The number of nitrogens with zero attached hydrogens (tertiary/aromatic N) is 2. The third-order valence-electron chi connectivity index (χ3n) is 4.06. The van der Waals surface area contributed by atoms with Crippen molar-refractivity contribution >= 4 is 5.97 Å². The van der Waals surface area contributed by atoms with E-state index in [1.54, 1.807) is 18.3 Å². The molecule has 0 amide bonds. The van der Waals surface area contributed by atoms with Gasteiger partial charge in [0.2, 0.25) is 0 Å². The van der Waals surface area contributed by atoms with Gasteiger partial charge in [-0.2, -0.15) is 5.10 Å². The van der Waals surface area contributed by atoms with Crippen LogP contribution in [0.3, 0.4) is 0 Å². The van der Waals surface area contributed by atoms with E-state index in [-0.39, 0.29) is 6.04 Å². The molecule has 0 radical (unpaired) electrons. The highest BCUT2D eigenvalue weighted by atomic mass is 16.5. The minimum atomic E-state index is -0.891. The number of aromatic nitrogens is 2. The van der Waals surface area contributed by atoms with Crippen molar-refractivity contribution in [2.24, 2.45) is 0 Å². The maximum atomic E-state index is 11.4. The van der Waals surface area contributed by atoms with Crippen LogP contribution in [-0.2, 0) is 11.3 Å². The summed E-state index contributed by atoms with van der Waals surface area (Å²) < 4.78 is 5.60. The van der Waals surface area contributed by atoms with E-state index in [0.717, 1.165) is 23.4 Å². The summed E-state index contributed by atoms with van der Waals surface area (Å²) in [6.07, 6.45) is 1.80. The molecule has 1 aliphatic heterocycles. The highest BCUT2D eigenvalue weighted by Crippen LogP contribution is 2.27. The number of aromatic amines is 1. The first-order chi connectivity index (χ1) is 10.7. The van der Waals surface area contributed by atoms with E-state index in [1.165, 1.54) is 0 Å². The summed E-state index contributed by atoms with van der Waals surface area (Å²) in [6.45, 7) is 4.58. The Labute approximate surface area is 128 Å². The van der Waals surface area contributed by atoms with E-state index in [2.05, 4.69) is 15.1 Å². The highest BCUT2D eigenvalue weighted by molar-refractivity contribution is 5.89. The number of ether oxygens (including phenoxy) is 1. The molecule has 2 aromatic rings. The molecule has 1 atom stereocenters. The zero-order valence-corrected chi connectivity index (χ0v) is 12.5. The molecule has 116 valence electrons. The van der Waals surface area contributed by atoms with Crippen molar-refractivity contribution in [3.8, 4) is 0 Å². The Balaban J connectivity index is 1.86. The molecule has 1 unspecified atom stereocenters. The third kappa shape index (κ3) is 2.88. The Kier molecular flexibility index (Phi) is 4.22. The number of hydrogen-bond donors (Lipinski definition) is 2. The largest absolute Gasteiger partial charge is 0.478 e. The number of benzene rings is 1. The van der Waals surface area contributed by atoms with Gasteiger partial charge < -0.3 is 9.84 Å². The number of aromatic carboxylic acids is 1. The van der Waals surface area contributed by atoms with Gasteiger partial charge in [-0.05, 0) is 24.1 Å². The van der Waals surface area contributed by atoms with Crippen molar-refractivity contribution in [2.45, 2.75) is 19.5 Å². The predicted molar refractivity (Wildman–Crippen MR) is 80.7 cm³/mol. The topological polar surface area (TPSA) is 78.5 Å². The van der Waals surface area contributed by atoms with Gasteiger partial charge in [0.15, 0.2) is 0 Å². The van der Waals surface area contributed by atoms with Gasteiger partial charge in [0.25, 0.3) is 0 Å². The summed E-state index contributed by atoms with van der Waals surface area (Å²) in [6, 6.07) is 7.21. The fraction of sp³-hybridized carbons (Fsp3) is 0.375. The fourth-order valence-electron chi connectivity index (χ4n) is 2.87. The molecule has 22 heavy (non-hydrogen) atoms. The number of carboxylic acid groups (broad SMARTS) is 1. The number of nitrogens with one attached hydrogen (secondary N) is 1. The summed E-state index contributed by atoms with van der Waals surface area (Å²) in [5.74, 6) is -0.891. The van der Waals surface area contributed by atoms with Crippen molar-refractivity contribution < 1.29 is 14.6 Å². The Bertz CT molecular complexity index is 668. The van der Waals surface area contributed by atoms with Crippen molar-refractivity contribution in [3.05, 3.63) is 52.8 Å². The molecule has 2 N–H and O–H groups in total. The summed E-state index contributed by atoms with van der Waals surface area (Å²) >= 11 is 0. The summed E-state index contributed by atoms with van der Waals surface area (Å²) in [4.78, 5) is 13.6. The second kappa shape index (κ2) is 6.29. The molecule has 1 saturated heterocycles. The van der Waals surface area contributed by atoms with Crippen molar-refractivity contribution in [1.29, 1.82) is 0 Å². The molecule has 0 saturated carbocycles. The van der Waals surface area contributed by atoms with E-state index < -0.39 is 5.97 Å². The van der Waals surface area contributed by atoms with Gasteiger partial charge in [0.05, 0.1) is 36.7 Å². The quantitative estimate of drug-likeness (QED) is 0.903. The van der Waals surface area contributed by atoms with Crippen molar-refractivity contribution in [1.82, 2.24) is 15.1 Å². The van der Waals surface area contributed by atoms with E-state index >= 15 is 0 Å². The Morgan fingerprint density at radius 2 is 2.32 bits per heavy atom. The van der Waals surface area contributed by atoms with Crippen LogP contribution in [0.5, 0.6) is 0 Å². The molecule has 6 heteroatoms. The lowest BCUT2D eigenvalue weighted by atomic mass is 10.0. The molecule has 1 fully saturated rings. The Morgan fingerprint density at radius 1 is 1.50 bits per heavy atom. The molecule has 6 nitrogen and oxygen atoms in total. The summed E-state index contributed by atoms with van der Waals surface area (Å²) in [7, 11) is 0. The average molecular weight is 301 g/mol. The molecule has 3 rings (SSSR count). The lowest BCUT2D eigenvalue weighted by Gasteiger charge is -2.35. The Hall–Kier alpha value is -2.18. The number of aryl methyl sites for hydroxylation is 1. The van der Waals surface area contributed by atoms with Crippen LogP contribution in [0.15, 0.2) is 30.5 Å². The molecule has 0 aliphatic carbocycles. The zero-order chi connectivity index (χ0) is 15.5. The first-order valence-electron chi connectivity index (χ1n) is 7.29. The molecular formula is C16H19N3O3. The molecule has 1 aromatic carbocycles. The lowest BCUT2D eigenvalue weighted by Crippen LogP contribution is -2.39. The SMILES string of the molecule is Cc1cn[nH]c1C1COCCN1Cc1ccccc1C(=O)O. The number of H-pyrrole nitrogens is 1. The van der Waals surface area contributed by atoms with Crippen molar-refractivity contribution in [2.75, 3.05) is 19.8 Å². The maximum absolute atomic E-state index is 11.4. The lowest BCUT2D eigenvalue weighted by molar-refractivity contribution is -0.0146. The first-order valence-corrected chi connectivity index (χ1v) is 7.29. The van der Waals surface area contributed by atoms with E-state index in [4.69, 9.17) is 4.74 Å². The van der Waals surface area contributed by atoms with Gasteiger partial charge in [0.1, 0.15) is 0 Å². The number of morpholine rings is 1. The molecule has 1 aromatic heterocycles. The summed E-state index contributed by atoms with van der Waals surface area (Å²) in [5.41, 5.74) is 3.30. The van der Waals surface area contributed by atoms with Crippen LogP contribution in [0.25, 0.3) is 0 Å². The van der Waals surface area contributed by atoms with Crippen molar-refractivity contribution in [3.63, 3.8) is 0 Å². The predicted octanol–water partition coefficient (Wildman–Crippen LogP) is 1.99. The monoisotopic (exact) mass is 301 g/mol.